The van der Waals surface area contributed by atoms with E-state index < -0.39 is 0 Å². The first-order chi connectivity index (χ1) is 8.07. The van der Waals surface area contributed by atoms with Crippen molar-refractivity contribution in [3.8, 4) is 0 Å². The van der Waals surface area contributed by atoms with Crippen LogP contribution < -0.4 is 10.6 Å². The van der Waals surface area contributed by atoms with E-state index in [1.807, 2.05) is 11.8 Å². The molecule has 2 unspecified atom stereocenters. The van der Waals surface area contributed by atoms with Crippen LogP contribution in [0, 0.1) is 6.92 Å². The Morgan fingerprint density at radius 1 is 1.53 bits per heavy atom. The van der Waals surface area contributed by atoms with Gasteiger partial charge in [-0.2, -0.15) is 11.8 Å². The molecule has 0 spiro atoms. The van der Waals surface area contributed by atoms with E-state index in [0.29, 0.717) is 5.25 Å². The normalized spacial score (nSPS) is 28.4. The molecule has 1 fully saturated rings. The second-order valence-electron chi connectivity index (χ2n) is 5.15. The van der Waals surface area contributed by atoms with E-state index in [9.17, 15) is 0 Å². The van der Waals surface area contributed by atoms with Crippen molar-refractivity contribution in [1.82, 2.24) is 0 Å². The van der Waals surface area contributed by atoms with E-state index in [-0.39, 0.29) is 5.54 Å². The summed E-state index contributed by atoms with van der Waals surface area (Å²) in [5, 5.41) is 0.714. The van der Waals surface area contributed by atoms with Crippen LogP contribution in [-0.4, -0.2) is 30.1 Å². The lowest BCUT2D eigenvalue weighted by Crippen LogP contribution is -2.53. The van der Waals surface area contributed by atoms with Gasteiger partial charge in [0.05, 0.1) is 5.54 Å². The summed E-state index contributed by atoms with van der Waals surface area (Å²) >= 11 is 2.03. The minimum absolute atomic E-state index is 0.137. The number of nitrogens with two attached hydrogens (primary N) is 1. The molecular formula is C14H22N2S. The van der Waals surface area contributed by atoms with Crippen LogP contribution >= 0.6 is 11.8 Å². The fourth-order valence-electron chi connectivity index (χ4n) is 2.57. The number of benzene rings is 1. The predicted molar refractivity (Wildman–Crippen MR) is 77.9 cm³/mol. The Bertz CT molecular complexity index is 394. The van der Waals surface area contributed by atoms with Gasteiger partial charge in [0.25, 0.3) is 0 Å². The van der Waals surface area contributed by atoms with E-state index >= 15 is 0 Å². The maximum atomic E-state index is 6.05. The summed E-state index contributed by atoms with van der Waals surface area (Å²) in [6.45, 7) is 5.17. The zero-order valence-electron chi connectivity index (χ0n) is 10.9. The lowest BCUT2D eigenvalue weighted by Gasteiger charge is -2.39. The molecule has 1 aromatic carbocycles. The maximum Gasteiger partial charge on any atom is 0.0621 e. The van der Waals surface area contributed by atoms with E-state index in [1.165, 1.54) is 17.7 Å². The number of aryl methyl sites for hydroxylation is 1. The number of likely N-dealkylation sites (N-methyl/N-ethyl adjacent to an activating group) is 1. The van der Waals surface area contributed by atoms with E-state index in [2.05, 4.69) is 50.1 Å². The number of rotatable bonds is 3. The van der Waals surface area contributed by atoms with Crippen molar-refractivity contribution >= 4 is 17.4 Å². The SMILES string of the molecule is Cc1cccc(N(C)C2(CN)CSC(C)C2)c1. The lowest BCUT2D eigenvalue weighted by molar-refractivity contribution is 0.446. The molecule has 0 saturated carbocycles. The minimum Gasteiger partial charge on any atom is -0.367 e. The molecule has 2 atom stereocenters. The third kappa shape index (κ3) is 2.45. The molecule has 1 saturated heterocycles. The van der Waals surface area contributed by atoms with Gasteiger partial charge in [0.2, 0.25) is 0 Å². The highest BCUT2D eigenvalue weighted by molar-refractivity contribution is 8.00. The summed E-state index contributed by atoms with van der Waals surface area (Å²) in [6.07, 6.45) is 1.18. The van der Waals surface area contributed by atoms with E-state index in [4.69, 9.17) is 5.73 Å². The van der Waals surface area contributed by atoms with Gasteiger partial charge >= 0.3 is 0 Å². The summed E-state index contributed by atoms with van der Waals surface area (Å²) in [5.41, 5.74) is 8.78. The van der Waals surface area contributed by atoms with Crippen LogP contribution in [0.3, 0.4) is 0 Å². The quantitative estimate of drug-likeness (QED) is 0.894. The van der Waals surface area contributed by atoms with Gasteiger partial charge in [-0.25, -0.2) is 0 Å². The van der Waals surface area contributed by atoms with E-state index in [1.54, 1.807) is 0 Å². The first-order valence-corrected chi connectivity index (χ1v) is 7.24. The summed E-state index contributed by atoms with van der Waals surface area (Å²) in [7, 11) is 2.18. The highest BCUT2D eigenvalue weighted by Crippen LogP contribution is 2.39. The van der Waals surface area contributed by atoms with Crippen LogP contribution in [0.5, 0.6) is 0 Å². The molecule has 17 heavy (non-hydrogen) atoms. The van der Waals surface area contributed by atoms with Crippen LogP contribution in [0.1, 0.15) is 18.9 Å². The largest absolute Gasteiger partial charge is 0.367 e. The molecular weight excluding hydrogens is 228 g/mol. The van der Waals surface area contributed by atoms with E-state index in [0.717, 1.165) is 12.3 Å². The smallest absolute Gasteiger partial charge is 0.0621 e. The highest BCUT2D eigenvalue weighted by Gasteiger charge is 2.40. The zero-order chi connectivity index (χ0) is 12.5. The number of thioether (sulfide) groups is 1. The Labute approximate surface area is 109 Å². The molecule has 2 rings (SSSR count). The fourth-order valence-corrected chi connectivity index (χ4v) is 4.03. The Hall–Kier alpha value is -0.670. The molecule has 0 amide bonds. The first kappa shape index (κ1) is 12.8. The summed E-state index contributed by atoms with van der Waals surface area (Å²) in [4.78, 5) is 2.39. The van der Waals surface area contributed by atoms with Gasteiger partial charge in [0, 0.05) is 30.3 Å². The Kier molecular flexibility index (Phi) is 3.69. The molecule has 1 heterocycles. The average Bonchev–Trinajstić information content (AvgIpc) is 2.71. The van der Waals surface area contributed by atoms with Crippen molar-refractivity contribution < 1.29 is 0 Å². The van der Waals surface area contributed by atoms with Crippen molar-refractivity contribution in [2.75, 3.05) is 24.2 Å². The predicted octanol–water partition coefficient (Wildman–Crippen LogP) is 2.65. The lowest BCUT2D eigenvalue weighted by atomic mass is 9.93. The second kappa shape index (κ2) is 4.91. The van der Waals surface area contributed by atoms with Gasteiger partial charge in [0.1, 0.15) is 0 Å². The molecule has 0 radical (unpaired) electrons. The number of anilines is 1. The molecule has 1 aliphatic rings. The summed E-state index contributed by atoms with van der Waals surface area (Å²) in [6, 6.07) is 8.68. The Balaban J connectivity index is 2.26. The van der Waals surface area contributed by atoms with Crippen molar-refractivity contribution in [3.05, 3.63) is 29.8 Å². The van der Waals surface area contributed by atoms with Crippen LogP contribution in [0.15, 0.2) is 24.3 Å². The summed E-state index contributed by atoms with van der Waals surface area (Å²) in [5.74, 6) is 1.13. The second-order valence-corrected chi connectivity index (χ2v) is 6.58. The van der Waals surface area contributed by atoms with Crippen LogP contribution in [0.4, 0.5) is 5.69 Å². The van der Waals surface area contributed by atoms with Crippen molar-refractivity contribution in [2.24, 2.45) is 5.73 Å². The van der Waals surface area contributed by atoms with Gasteiger partial charge < -0.3 is 10.6 Å². The summed E-state index contributed by atoms with van der Waals surface area (Å²) < 4.78 is 0. The van der Waals surface area contributed by atoms with Crippen molar-refractivity contribution in [2.45, 2.75) is 31.1 Å². The van der Waals surface area contributed by atoms with Gasteiger partial charge in [-0.15, -0.1) is 0 Å². The number of nitrogens with zero attached hydrogens (tertiary/aromatic N) is 1. The Morgan fingerprint density at radius 2 is 2.29 bits per heavy atom. The number of hydrogen-bond donors (Lipinski definition) is 1. The molecule has 94 valence electrons. The molecule has 0 aromatic heterocycles. The molecule has 3 heteroatoms. The van der Waals surface area contributed by atoms with Gasteiger partial charge in [-0.05, 0) is 31.0 Å². The first-order valence-electron chi connectivity index (χ1n) is 6.19. The maximum absolute atomic E-state index is 6.05. The monoisotopic (exact) mass is 250 g/mol. The third-order valence-corrected chi connectivity index (χ3v) is 5.22. The highest BCUT2D eigenvalue weighted by atomic mass is 32.2. The molecule has 2 nitrogen and oxygen atoms in total. The third-order valence-electron chi connectivity index (χ3n) is 3.78. The van der Waals surface area contributed by atoms with Crippen molar-refractivity contribution in [3.63, 3.8) is 0 Å². The standard InChI is InChI=1S/C14H22N2S/c1-11-5-4-6-13(7-11)16(3)14(9-15)8-12(2)17-10-14/h4-7,12H,8-10,15H2,1-3H3. The van der Waals surface area contributed by atoms with Gasteiger partial charge in [0.15, 0.2) is 0 Å². The van der Waals surface area contributed by atoms with Crippen LogP contribution in [0.2, 0.25) is 0 Å². The molecule has 1 aromatic rings. The van der Waals surface area contributed by atoms with Crippen molar-refractivity contribution in [1.29, 1.82) is 0 Å². The average molecular weight is 250 g/mol. The van der Waals surface area contributed by atoms with Gasteiger partial charge in [-0.1, -0.05) is 19.1 Å². The minimum atomic E-state index is 0.137. The molecule has 1 aliphatic heterocycles. The molecule has 0 aliphatic carbocycles. The van der Waals surface area contributed by atoms with Crippen LogP contribution in [-0.2, 0) is 0 Å². The Morgan fingerprint density at radius 3 is 2.82 bits per heavy atom. The van der Waals surface area contributed by atoms with Gasteiger partial charge in [-0.3, -0.25) is 0 Å². The molecule has 0 bridgehead atoms. The van der Waals surface area contributed by atoms with Crippen LogP contribution in [0.25, 0.3) is 0 Å². The molecule has 2 N–H and O–H groups in total. The zero-order valence-corrected chi connectivity index (χ0v) is 11.8. The fraction of sp³-hybridized carbons (Fsp3) is 0.571. The topological polar surface area (TPSA) is 29.3 Å². The number of hydrogen-bond acceptors (Lipinski definition) is 3.